The Morgan fingerprint density at radius 1 is 0.330 bits per heavy atom. The third-order valence-corrected chi connectivity index (χ3v) is 17.4. The number of hydrogen-bond donors (Lipinski definition) is 2. The zero-order chi connectivity index (χ0) is 63.0. The zero-order valence-corrected chi connectivity index (χ0v) is 52.4. The van der Waals surface area contributed by atoms with Crippen molar-refractivity contribution < 1.29 is 33.6 Å². The first-order valence-electron chi connectivity index (χ1n) is 31.3. The van der Waals surface area contributed by atoms with Crippen LogP contribution in [0, 0.1) is 0 Å². The Bertz CT molecular complexity index is 3140. The van der Waals surface area contributed by atoms with Gasteiger partial charge in [0.05, 0.1) is 42.8 Å². The number of benzene rings is 6. The number of piperazine rings is 1. The number of carbonyl (C=O) groups is 7. The first kappa shape index (κ1) is 67.0. The van der Waals surface area contributed by atoms with E-state index in [1.54, 1.807) is 24.5 Å². The molecule has 0 aliphatic carbocycles. The number of hydrogen-bond acceptors (Lipinski definition) is 9. The molecule has 0 unspecified atom stereocenters. The third kappa shape index (κ3) is 19.3. The van der Waals surface area contributed by atoms with Gasteiger partial charge in [0.15, 0.2) is 0 Å². The van der Waals surface area contributed by atoms with Crippen LogP contribution < -0.4 is 11.1 Å². The standard InChI is InChI=1S/C72H91N9O7/c1-54(60-25-13-7-14-26-60)76(45-37-66(73)82)67(83)38-46-77(55(2)61-27-15-8-16-28-61)68(84)39-47-78(56(3)62-29-17-9-18-30-62)69(85)40-48-79(57(4)63-31-19-10-20-32-63)70(86)41-49-80(58(5)64-33-21-11-22-34-64)71(87)42-50-81(59(6)65-35-23-12-24-36-65)72(88)53-75-51-43-74-44-52-75/h7-36,54-59,74H,37-53H2,1-6H3,(H2,73,82)/t54-,55-,56-,57-,58-,59-/m1/s1. The van der Waals surface area contributed by atoms with Gasteiger partial charge in [0.25, 0.3) is 0 Å². The number of nitrogens with two attached hydrogens (primary N) is 1. The van der Waals surface area contributed by atoms with Gasteiger partial charge in [-0.25, -0.2) is 0 Å². The van der Waals surface area contributed by atoms with Gasteiger partial charge in [-0.2, -0.15) is 0 Å². The lowest BCUT2D eigenvalue weighted by Crippen LogP contribution is -2.49. The van der Waals surface area contributed by atoms with Crippen LogP contribution in [0.2, 0.25) is 0 Å². The van der Waals surface area contributed by atoms with Gasteiger partial charge in [-0.3, -0.25) is 38.5 Å². The highest BCUT2D eigenvalue weighted by Crippen LogP contribution is 2.30. The first-order valence-corrected chi connectivity index (χ1v) is 31.3. The molecule has 16 nitrogen and oxygen atoms in total. The second kappa shape index (κ2) is 34.2. The van der Waals surface area contributed by atoms with Gasteiger partial charge in [-0.05, 0) is 74.9 Å². The highest BCUT2D eigenvalue weighted by atomic mass is 16.2. The summed E-state index contributed by atoms with van der Waals surface area (Å²) >= 11 is 0. The average molecular weight is 1190 g/mol. The molecule has 3 N–H and O–H groups in total. The van der Waals surface area contributed by atoms with Crippen LogP contribution in [-0.4, -0.2) is 148 Å². The van der Waals surface area contributed by atoms with Crippen molar-refractivity contribution in [3.63, 3.8) is 0 Å². The van der Waals surface area contributed by atoms with Gasteiger partial charge in [0.1, 0.15) is 0 Å². The molecule has 16 heteroatoms. The van der Waals surface area contributed by atoms with Gasteiger partial charge in [-0.1, -0.05) is 182 Å². The predicted molar refractivity (Wildman–Crippen MR) is 346 cm³/mol. The van der Waals surface area contributed by atoms with Crippen molar-refractivity contribution in [1.82, 2.24) is 39.6 Å². The van der Waals surface area contributed by atoms with Crippen LogP contribution in [0.3, 0.4) is 0 Å². The Labute approximate surface area is 521 Å². The van der Waals surface area contributed by atoms with Crippen LogP contribution in [0.5, 0.6) is 0 Å². The highest BCUT2D eigenvalue weighted by Gasteiger charge is 2.33. The zero-order valence-electron chi connectivity index (χ0n) is 52.4. The van der Waals surface area contributed by atoms with Crippen molar-refractivity contribution in [3.8, 4) is 0 Å². The van der Waals surface area contributed by atoms with Crippen LogP contribution in [0.4, 0.5) is 0 Å². The molecule has 1 aliphatic heterocycles. The molecule has 7 rings (SSSR count). The molecular weight excluding hydrogens is 1100 g/mol. The Morgan fingerprint density at radius 2 is 0.523 bits per heavy atom. The average Bonchev–Trinajstić information content (AvgIpc) is 3.72. The Kier molecular flexibility index (Phi) is 26.0. The molecule has 88 heavy (non-hydrogen) atoms. The minimum absolute atomic E-state index is 0.0161. The summed E-state index contributed by atoms with van der Waals surface area (Å²) < 4.78 is 0. The third-order valence-electron chi connectivity index (χ3n) is 17.4. The minimum atomic E-state index is -0.522. The topological polar surface area (TPSA) is 180 Å². The normalized spacial score (nSPS) is 14.4. The molecule has 1 saturated heterocycles. The molecule has 0 saturated carbocycles. The van der Waals surface area contributed by atoms with E-state index in [0.717, 1.165) is 59.6 Å². The summed E-state index contributed by atoms with van der Waals surface area (Å²) in [7, 11) is 0. The SMILES string of the molecule is C[C@H](c1ccccc1)N(CCC(N)=O)C(=O)CCN(C(=O)CCN(C(=O)CCN(C(=O)CCN(C(=O)CCN(C(=O)CN1CCNCC1)[C@H](C)c1ccccc1)[C@H](C)c1ccccc1)[C@H](C)c1ccccc1)[C@H](C)c1ccccc1)[C@H](C)c1ccccc1. The fourth-order valence-electron chi connectivity index (χ4n) is 11.9. The number of rotatable bonds is 32. The quantitative estimate of drug-likeness (QED) is 0.0416. The smallest absolute Gasteiger partial charge is 0.237 e. The number of nitrogens with zero attached hydrogens (tertiary/aromatic N) is 7. The number of nitrogens with one attached hydrogen (secondary N) is 1. The summed E-state index contributed by atoms with van der Waals surface area (Å²) in [5, 5.41) is 3.36. The van der Waals surface area contributed by atoms with E-state index >= 15 is 9.59 Å². The molecule has 0 spiro atoms. The monoisotopic (exact) mass is 1190 g/mol. The summed E-state index contributed by atoms with van der Waals surface area (Å²) in [5.74, 6) is -1.73. The molecule has 466 valence electrons. The second-order valence-electron chi connectivity index (χ2n) is 23.0. The molecule has 1 aliphatic rings. The van der Waals surface area contributed by atoms with Crippen molar-refractivity contribution in [1.29, 1.82) is 0 Å². The van der Waals surface area contributed by atoms with Gasteiger partial charge in [0, 0.05) is 104 Å². The van der Waals surface area contributed by atoms with E-state index in [1.165, 1.54) is 0 Å². The maximum absolute atomic E-state index is 15.1. The van der Waals surface area contributed by atoms with Crippen molar-refractivity contribution in [2.45, 2.75) is 116 Å². The van der Waals surface area contributed by atoms with Crippen LogP contribution in [0.15, 0.2) is 182 Å². The summed E-state index contributed by atoms with van der Waals surface area (Å²) in [6, 6.07) is 55.7. The largest absolute Gasteiger partial charge is 0.370 e. The van der Waals surface area contributed by atoms with E-state index in [2.05, 4.69) is 10.2 Å². The van der Waals surface area contributed by atoms with E-state index in [0.29, 0.717) is 0 Å². The van der Waals surface area contributed by atoms with Crippen LogP contribution >= 0.6 is 0 Å². The molecule has 6 aromatic carbocycles. The molecule has 1 fully saturated rings. The number of carbonyl (C=O) groups excluding carboxylic acids is 7. The van der Waals surface area contributed by atoms with Gasteiger partial charge in [-0.15, -0.1) is 0 Å². The lowest BCUT2D eigenvalue weighted by molar-refractivity contribution is -0.140. The molecule has 0 bridgehead atoms. The van der Waals surface area contributed by atoms with E-state index in [-0.39, 0.29) is 132 Å². The van der Waals surface area contributed by atoms with E-state index in [1.807, 2.05) is 228 Å². The lowest BCUT2D eigenvalue weighted by Gasteiger charge is -2.36. The van der Waals surface area contributed by atoms with Crippen molar-refractivity contribution in [2.75, 3.05) is 72.0 Å². The highest BCUT2D eigenvalue weighted by molar-refractivity contribution is 5.84. The van der Waals surface area contributed by atoms with Crippen molar-refractivity contribution in [2.24, 2.45) is 5.73 Å². The molecule has 6 atom stereocenters. The van der Waals surface area contributed by atoms with E-state index in [4.69, 9.17) is 5.73 Å². The fourth-order valence-corrected chi connectivity index (χ4v) is 11.9. The predicted octanol–water partition coefficient (Wildman–Crippen LogP) is 10.3. The molecule has 0 aromatic heterocycles. The molecular formula is C72H91N9O7. The first-order chi connectivity index (χ1) is 42.5. The van der Waals surface area contributed by atoms with E-state index < -0.39 is 30.1 Å². The summed E-state index contributed by atoms with van der Waals surface area (Å²) in [4.78, 5) is 113. The Balaban J connectivity index is 1.10. The number of primary amides is 1. The summed E-state index contributed by atoms with van der Waals surface area (Å²) in [6.45, 7) is 15.6. The maximum Gasteiger partial charge on any atom is 0.237 e. The summed E-state index contributed by atoms with van der Waals surface area (Å²) in [5.41, 5.74) is 11.0. The Morgan fingerprint density at radius 3 is 0.727 bits per heavy atom. The maximum atomic E-state index is 15.1. The Hall–Kier alpha value is -8.47. The van der Waals surface area contributed by atoms with Crippen LogP contribution in [0.1, 0.15) is 150 Å². The van der Waals surface area contributed by atoms with Gasteiger partial charge < -0.3 is 40.4 Å². The molecule has 0 radical (unpaired) electrons. The lowest BCUT2D eigenvalue weighted by atomic mass is 10.0. The van der Waals surface area contributed by atoms with Gasteiger partial charge >= 0.3 is 0 Å². The second-order valence-corrected chi connectivity index (χ2v) is 23.0. The molecule has 1 heterocycles. The van der Waals surface area contributed by atoms with Crippen molar-refractivity contribution >= 4 is 41.4 Å². The molecule has 6 aromatic rings. The minimum Gasteiger partial charge on any atom is -0.370 e. The number of amides is 7. The van der Waals surface area contributed by atoms with Crippen LogP contribution in [-0.2, 0) is 33.6 Å². The van der Waals surface area contributed by atoms with Crippen LogP contribution in [0.25, 0.3) is 0 Å². The summed E-state index contributed by atoms with van der Waals surface area (Å²) in [6.07, 6.45) is -0.150. The van der Waals surface area contributed by atoms with E-state index in [9.17, 15) is 24.0 Å². The van der Waals surface area contributed by atoms with Crippen molar-refractivity contribution in [3.05, 3.63) is 215 Å². The fraction of sp³-hybridized carbons (Fsp3) is 0.403. The van der Waals surface area contributed by atoms with Gasteiger partial charge in [0.2, 0.25) is 41.4 Å². The molecule has 7 amide bonds.